The molecule has 1 unspecified atom stereocenters. The number of halogens is 1. The molecular weight excluding hydrogens is 242 g/mol. The van der Waals surface area contributed by atoms with Crippen molar-refractivity contribution < 1.29 is 0 Å². The maximum absolute atomic E-state index is 4.46. The largest absolute Gasteiger partial charge is 0.306 e. The summed E-state index contributed by atoms with van der Waals surface area (Å²) < 4.78 is 0.836. The van der Waals surface area contributed by atoms with Crippen LogP contribution >= 0.6 is 15.9 Å². The lowest BCUT2D eigenvalue weighted by atomic mass is 9.95. The highest BCUT2D eigenvalue weighted by Crippen LogP contribution is 2.24. The predicted molar refractivity (Wildman–Crippen MR) is 59.2 cm³/mol. The van der Waals surface area contributed by atoms with E-state index in [9.17, 15) is 0 Å². The van der Waals surface area contributed by atoms with Gasteiger partial charge >= 0.3 is 0 Å². The molecule has 0 amide bonds. The molecule has 0 saturated carbocycles. The number of likely N-dealkylation sites (N-methyl/N-ethyl adjacent to an activating group) is 1. The molecule has 1 aliphatic heterocycles. The van der Waals surface area contributed by atoms with Crippen LogP contribution in [0.5, 0.6) is 0 Å². The Hall–Kier alpha value is -0.480. The zero-order valence-corrected chi connectivity index (χ0v) is 9.87. The zero-order valence-electron chi connectivity index (χ0n) is 8.28. The molecule has 2 heterocycles. The second-order valence-corrected chi connectivity index (χ2v) is 4.68. The van der Waals surface area contributed by atoms with Crippen LogP contribution in [0.1, 0.15) is 24.5 Å². The molecule has 1 aromatic heterocycles. The highest BCUT2D eigenvalue weighted by Gasteiger charge is 2.20. The number of rotatable bonds is 1. The Morgan fingerprint density at radius 1 is 1.50 bits per heavy atom. The van der Waals surface area contributed by atoms with Crippen LogP contribution in [-0.4, -0.2) is 35.0 Å². The highest BCUT2D eigenvalue weighted by atomic mass is 79.9. The standard InChI is InChI=1S/C10H14BrN3/c1-14-4-2-3-8(7-14)9-5-12-6-10(11)13-9/h5-6,8H,2-4,7H2,1H3. The van der Waals surface area contributed by atoms with Crippen molar-refractivity contribution in [3.8, 4) is 0 Å². The van der Waals surface area contributed by atoms with Gasteiger partial charge in [-0.25, -0.2) is 4.98 Å². The van der Waals surface area contributed by atoms with Crippen LogP contribution in [0.3, 0.4) is 0 Å². The Morgan fingerprint density at radius 2 is 2.36 bits per heavy atom. The molecule has 0 aromatic carbocycles. The molecule has 0 N–H and O–H groups in total. The van der Waals surface area contributed by atoms with Crippen LogP contribution < -0.4 is 0 Å². The van der Waals surface area contributed by atoms with Gasteiger partial charge in [-0.1, -0.05) is 0 Å². The van der Waals surface area contributed by atoms with Crippen molar-refractivity contribution >= 4 is 15.9 Å². The van der Waals surface area contributed by atoms with E-state index in [0.717, 1.165) is 16.8 Å². The van der Waals surface area contributed by atoms with Gasteiger partial charge in [0.25, 0.3) is 0 Å². The normalized spacial score (nSPS) is 23.7. The summed E-state index contributed by atoms with van der Waals surface area (Å²) in [5.41, 5.74) is 1.12. The molecule has 2 rings (SSSR count). The van der Waals surface area contributed by atoms with Crippen LogP contribution in [0.25, 0.3) is 0 Å². The maximum atomic E-state index is 4.46. The van der Waals surface area contributed by atoms with E-state index in [1.807, 2.05) is 6.20 Å². The first-order chi connectivity index (χ1) is 6.75. The third kappa shape index (κ3) is 2.30. The SMILES string of the molecule is CN1CCCC(c2cncc(Br)n2)C1. The summed E-state index contributed by atoms with van der Waals surface area (Å²) in [6.07, 6.45) is 6.11. The number of hydrogen-bond acceptors (Lipinski definition) is 3. The first kappa shape index (κ1) is 10.1. The minimum absolute atomic E-state index is 0.554. The predicted octanol–water partition coefficient (Wildman–Crippen LogP) is 2.05. The van der Waals surface area contributed by atoms with E-state index in [1.165, 1.54) is 19.4 Å². The van der Waals surface area contributed by atoms with Crippen molar-refractivity contribution in [1.29, 1.82) is 0 Å². The summed E-state index contributed by atoms with van der Waals surface area (Å²) in [5.74, 6) is 0.554. The van der Waals surface area contributed by atoms with Gasteiger partial charge in [-0.3, -0.25) is 4.98 Å². The second kappa shape index (κ2) is 4.36. The molecule has 14 heavy (non-hydrogen) atoms. The first-order valence-electron chi connectivity index (χ1n) is 4.91. The van der Waals surface area contributed by atoms with Gasteiger partial charge in [0.15, 0.2) is 0 Å². The fraction of sp³-hybridized carbons (Fsp3) is 0.600. The molecule has 0 bridgehead atoms. The van der Waals surface area contributed by atoms with Crippen molar-refractivity contribution in [3.05, 3.63) is 22.7 Å². The Bertz CT molecular complexity index is 316. The Kier molecular flexibility index (Phi) is 3.13. The smallest absolute Gasteiger partial charge is 0.124 e. The lowest BCUT2D eigenvalue weighted by Gasteiger charge is -2.29. The summed E-state index contributed by atoms with van der Waals surface area (Å²) in [5, 5.41) is 0. The van der Waals surface area contributed by atoms with Gasteiger partial charge in [0.05, 0.1) is 11.9 Å². The quantitative estimate of drug-likeness (QED) is 0.770. The lowest BCUT2D eigenvalue weighted by molar-refractivity contribution is 0.248. The van der Waals surface area contributed by atoms with Gasteiger partial charge in [0.2, 0.25) is 0 Å². The van der Waals surface area contributed by atoms with Crippen LogP contribution in [0.4, 0.5) is 0 Å². The molecule has 3 nitrogen and oxygen atoms in total. The average molecular weight is 256 g/mol. The van der Waals surface area contributed by atoms with Gasteiger partial charge in [0, 0.05) is 18.7 Å². The molecule has 76 valence electrons. The number of hydrogen-bond donors (Lipinski definition) is 0. The molecule has 1 aliphatic rings. The zero-order chi connectivity index (χ0) is 9.97. The third-order valence-corrected chi connectivity index (χ3v) is 3.05. The van der Waals surface area contributed by atoms with E-state index in [1.54, 1.807) is 6.20 Å². The van der Waals surface area contributed by atoms with Crippen molar-refractivity contribution in [2.45, 2.75) is 18.8 Å². The van der Waals surface area contributed by atoms with Crippen molar-refractivity contribution in [3.63, 3.8) is 0 Å². The molecular formula is C10H14BrN3. The molecule has 1 aromatic rings. The van der Waals surface area contributed by atoms with Gasteiger partial charge in [-0.15, -0.1) is 0 Å². The van der Waals surface area contributed by atoms with Crippen LogP contribution in [0, 0.1) is 0 Å². The summed E-state index contributed by atoms with van der Waals surface area (Å²) in [7, 11) is 2.16. The van der Waals surface area contributed by atoms with Gasteiger partial charge < -0.3 is 4.90 Å². The maximum Gasteiger partial charge on any atom is 0.124 e. The van der Waals surface area contributed by atoms with E-state index in [4.69, 9.17) is 0 Å². The molecule has 4 heteroatoms. The fourth-order valence-corrected chi connectivity index (χ4v) is 2.28. The highest BCUT2D eigenvalue weighted by molar-refractivity contribution is 9.10. The molecule has 0 spiro atoms. The van der Waals surface area contributed by atoms with Crippen molar-refractivity contribution in [2.24, 2.45) is 0 Å². The van der Waals surface area contributed by atoms with E-state index in [-0.39, 0.29) is 0 Å². The molecule has 1 fully saturated rings. The third-order valence-electron chi connectivity index (χ3n) is 2.67. The minimum atomic E-state index is 0.554. The Labute approximate surface area is 92.7 Å². The summed E-state index contributed by atoms with van der Waals surface area (Å²) in [6.45, 7) is 2.31. The Balaban J connectivity index is 2.14. The summed E-state index contributed by atoms with van der Waals surface area (Å²) in [4.78, 5) is 11.0. The van der Waals surface area contributed by atoms with E-state index in [0.29, 0.717) is 5.92 Å². The van der Waals surface area contributed by atoms with Gasteiger partial charge in [-0.2, -0.15) is 0 Å². The van der Waals surface area contributed by atoms with Gasteiger partial charge in [-0.05, 0) is 42.4 Å². The molecule has 1 atom stereocenters. The number of likely N-dealkylation sites (tertiary alicyclic amines) is 1. The van der Waals surface area contributed by atoms with Crippen LogP contribution in [0.2, 0.25) is 0 Å². The number of nitrogens with zero attached hydrogens (tertiary/aromatic N) is 3. The van der Waals surface area contributed by atoms with Crippen LogP contribution in [-0.2, 0) is 0 Å². The van der Waals surface area contributed by atoms with E-state index < -0.39 is 0 Å². The minimum Gasteiger partial charge on any atom is -0.306 e. The van der Waals surface area contributed by atoms with E-state index in [2.05, 4.69) is 37.8 Å². The monoisotopic (exact) mass is 255 g/mol. The molecule has 0 aliphatic carbocycles. The topological polar surface area (TPSA) is 29.0 Å². The summed E-state index contributed by atoms with van der Waals surface area (Å²) >= 11 is 3.36. The van der Waals surface area contributed by atoms with E-state index >= 15 is 0 Å². The molecule has 1 saturated heterocycles. The molecule has 0 radical (unpaired) electrons. The second-order valence-electron chi connectivity index (χ2n) is 3.87. The van der Waals surface area contributed by atoms with Crippen LogP contribution in [0.15, 0.2) is 17.0 Å². The first-order valence-corrected chi connectivity index (χ1v) is 5.71. The van der Waals surface area contributed by atoms with Crippen molar-refractivity contribution in [2.75, 3.05) is 20.1 Å². The fourth-order valence-electron chi connectivity index (χ4n) is 1.96. The van der Waals surface area contributed by atoms with Gasteiger partial charge in [0.1, 0.15) is 4.60 Å². The number of aromatic nitrogens is 2. The lowest BCUT2D eigenvalue weighted by Crippen LogP contribution is -2.31. The summed E-state index contributed by atoms with van der Waals surface area (Å²) in [6, 6.07) is 0. The Morgan fingerprint density at radius 3 is 3.07 bits per heavy atom. The number of piperidine rings is 1. The van der Waals surface area contributed by atoms with Crippen molar-refractivity contribution in [1.82, 2.24) is 14.9 Å². The average Bonchev–Trinajstić information content (AvgIpc) is 2.18.